The first-order chi connectivity index (χ1) is 9.51. The summed E-state index contributed by atoms with van der Waals surface area (Å²) in [6.45, 7) is 1.18. The fourth-order valence-corrected chi connectivity index (χ4v) is 1.25. The van der Waals surface area contributed by atoms with E-state index in [4.69, 9.17) is 20.5 Å². The summed E-state index contributed by atoms with van der Waals surface area (Å²) >= 11 is 0. The average Bonchev–Trinajstić information content (AvgIpc) is 2.41. The molecule has 1 aromatic rings. The maximum absolute atomic E-state index is 13.6. The standard InChI is InChI=1S/C13H7FN4O2/c1-8(19)20-10-2-3-11(14)12(4-10)18-13(7-17)9(5-15)6-16/h2-4,18H,1H3. The lowest BCUT2D eigenvalue weighted by Gasteiger charge is -2.08. The summed E-state index contributed by atoms with van der Waals surface area (Å²) in [5, 5.41) is 28.5. The quantitative estimate of drug-likeness (QED) is 0.511. The molecule has 0 radical (unpaired) electrons. The van der Waals surface area contributed by atoms with Crippen LogP contribution < -0.4 is 10.1 Å². The van der Waals surface area contributed by atoms with Crippen molar-refractivity contribution in [1.29, 1.82) is 15.8 Å². The number of nitriles is 3. The van der Waals surface area contributed by atoms with E-state index in [2.05, 4.69) is 5.32 Å². The van der Waals surface area contributed by atoms with Gasteiger partial charge >= 0.3 is 5.97 Å². The third kappa shape index (κ3) is 3.56. The Bertz CT molecular complexity index is 689. The molecule has 0 aliphatic carbocycles. The van der Waals surface area contributed by atoms with E-state index in [-0.39, 0.29) is 11.4 Å². The maximum Gasteiger partial charge on any atom is 0.308 e. The first kappa shape index (κ1) is 14.7. The number of carbonyl (C=O) groups is 1. The number of carbonyl (C=O) groups excluding carboxylic acids is 1. The van der Waals surface area contributed by atoms with Crippen LogP contribution in [0.3, 0.4) is 0 Å². The van der Waals surface area contributed by atoms with Crippen molar-refractivity contribution in [3.8, 4) is 24.0 Å². The zero-order valence-electron chi connectivity index (χ0n) is 10.3. The maximum atomic E-state index is 13.6. The molecule has 0 bridgehead atoms. The Kier molecular flexibility index (Phi) is 4.80. The van der Waals surface area contributed by atoms with Crippen LogP contribution in [0.15, 0.2) is 29.5 Å². The van der Waals surface area contributed by atoms with Crippen molar-refractivity contribution >= 4 is 11.7 Å². The van der Waals surface area contributed by atoms with Gasteiger partial charge < -0.3 is 10.1 Å². The lowest BCUT2D eigenvalue weighted by atomic mass is 10.2. The number of esters is 1. The van der Waals surface area contributed by atoms with Gasteiger partial charge in [-0.1, -0.05) is 0 Å². The molecule has 0 aliphatic heterocycles. The minimum Gasteiger partial charge on any atom is -0.427 e. The zero-order valence-corrected chi connectivity index (χ0v) is 10.3. The second-order valence-electron chi connectivity index (χ2n) is 3.45. The highest BCUT2D eigenvalue weighted by atomic mass is 19.1. The Morgan fingerprint density at radius 3 is 2.40 bits per heavy atom. The summed E-state index contributed by atoms with van der Waals surface area (Å²) in [6.07, 6.45) is 0. The molecule has 0 spiro atoms. The summed E-state index contributed by atoms with van der Waals surface area (Å²) in [5.74, 6) is -1.26. The molecule has 0 fully saturated rings. The molecule has 0 atom stereocenters. The van der Waals surface area contributed by atoms with E-state index in [1.165, 1.54) is 25.1 Å². The van der Waals surface area contributed by atoms with Crippen LogP contribution in [-0.2, 0) is 4.79 Å². The number of nitrogens with zero attached hydrogens (tertiary/aromatic N) is 3. The molecular weight excluding hydrogens is 263 g/mol. The van der Waals surface area contributed by atoms with Crippen molar-refractivity contribution in [3.05, 3.63) is 35.3 Å². The normalized spacial score (nSPS) is 8.55. The van der Waals surface area contributed by atoms with E-state index < -0.39 is 23.1 Å². The second-order valence-corrected chi connectivity index (χ2v) is 3.45. The Morgan fingerprint density at radius 1 is 1.25 bits per heavy atom. The van der Waals surface area contributed by atoms with Gasteiger partial charge in [0.2, 0.25) is 0 Å². The first-order valence-electron chi connectivity index (χ1n) is 5.21. The second kappa shape index (κ2) is 6.53. The number of benzene rings is 1. The lowest BCUT2D eigenvalue weighted by Crippen LogP contribution is -2.05. The van der Waals surface area contributed by atoms with Crippen LogP contribution in [0.25, 0.3) is 0 Å². The van der Waals surface area contributed by atoms with Gasteiger partial charge in [-0.3, -0.25) is 4.79 Å². The van der Waals surface area contributed by atoms with Crippen molar-refractivity contribution < 1.29 is 13.9 Å². The summed E-state index contributed by atoms with van der Waals surface area (Å²) in [7, 11) is 0. The predicted octanol–water partition coefficient (Wildman–Crippen LogP) is 1.99. The average molecular weight is 270 g/mol. The molecule has 1 rings (SSSR count). The molecule has 0 heterocycles. The van der Waals surface area contributed by atoms with Crippen LogP contribution in [0.1, 0.15) is 6.92 Å². The van der Waals surface area contributed by atoms with Gasteiger partial charge in [-0.05, 0) is 12.1 Å². The Morgan fingerprint density at radius 2 is 1.90 bits per heavy atom. The SMILES string of the molecule is CC(=O)Oc1ccc(F)c(NC(C#N)=C(C#N)C#N)c1. The molecule has 98 valence electrons. The largest absolute Gasteiger partial charge is 0.427 e. The summed E-state index contributed by atoms with van der Waals surface area (Å²) in [4.78, 5) is 10.8. The minimum atomic E-state index is -0.733. The van der Waals surface area contributed by atoms with Crippen LogP contribution >= 0.6 is 0 Å². The van der Waals surface area contributed by atoms with Gasteiger partial charge in [0.15, 0.2) is 5.57 Å². The van der Waals surface area contributed by atoms with Crippen molar-refractivity contribution in [3.63, 3.8) is 0 Å². The molecule has 6 nitrogen and oxygen atoms in total. The summed E-state index contributed by atoms with van der Waals surface area (Å²) in [6, 6.07) is 8.01. The van der Waals surface area contributed by atoms with Gasteiger partial charge in [0.05, 0.1) is 5.69 Å². The number of hydrogen-bond donors (Lipinski definition) is 1. The Balaban J connectivity index is 3.19. The topological polar surface area (TPSA) is 110 Å². The van der Waals surface area contributed by atoms with E-state index in [9.17, 15) is 9.18 Å². The predicted molar refractivity (Wildman–Crippen MR) is 65.2 cm³/mol. The fraction of sp³-hybridized carbons (Fsp3) is 0.0769. The van der Waals surface area contributed by atoms with Crippen LogP contribution in [0.4, 0.5) is 10.1 Å². The van der Waals surface area contributed by atoms with E-state index in [0.29, 0.717) is 0 Å². The highest BCUT2D eigenvalue weighted by Gasteiger charge is 2.11. The third-order valence-electron chi connectivity index (χ3n) is 2.04. The Hall–Kier alpha value is -3.37. The molecule has 1 N–H and O–H groups in total. The van der Waals surface area contributed by atoms with E-state index in [0.717, 1.165) is 12.1 Å². The zero-order chi connectivity index (χ0) is 15.1. The van der Waals surface area contributed by atoms with E-state index in [1.807, 2.05) is 0 Å². The van der Waals surface area contributed by atoms with Crippen molar-refractivity contribution in [2.45, 2.75) is 6.92 Å². The van der Waals surface area contributed by atoms with Crippen molar-refractivity contribution in [2.24, 2.45) is 0 Å². The van der Waals surface area contributed by atoms with Gasteiger partial charge in [-0.15, -0.1) is 0 Å². The molecule has 0 amide bonds. The number of hydrogen-bond acceptors (Lipinski definition) is 6. The molecule has 0 saturated carbocycles. The Labute approximate surface area is 113 Å². The third-order valence-corrected chi connectivity index (χ3v) is 2.04. The van der Waals surface area contributed by atoms with Gasteiger partial charge in [0.25, 0.3) is 0 Å². The van der Waals surface area contributed by atoms with Crippen LogP contribution in [0.2, 0.25) is 0 Å². The van der Waals surface area contributed by atoms with Crippen LogP contribution in [0.5, 0.6) is 5.75 Å². The number of nitrogens with one attached hydrogen (secondary N) is 1. The van der Waals surface area contributed by atoms with E-state index >= 15 is 0 Å². The molecule has 0 aliphatic rings. The molecule has 7 heteroatoms. The highest BCUT2D eigenvalue weighted by molar-refractivity contribution is 5.70. The first-order valence-corrected chi connectivity index (χ1v) is 5.21. The number of rotatable bonds is 3. The van der Waals surface area contributed by atoms with Gasteiger partial charge in [0.1, 0.15) is 35.5 Å². The van der Waals surface area contributed by atoms with Crippen molar-refractivity contribution in [1.82, 2.24) is 0 Å². The summed E-state index contributed by atoms with van der Waals surface area (Å²) in [5.41, 5.74) is -1.07. The fourth-order valence-electron chi connectivity index (χ4n) is 1.25. The van der Waals surface area contributed by atoms with Crippen molar-refractivity contribution in [2.75, 3.05) is 5.32 Å². The van der Waals surface area contributed by atoms with Gasteiger partial charge in [-0.2, -0.15) is 15.8 Å². The molecule has 0 saturated heterocycles. The smallest absolute Gasteiger partial charge is 0.308 e. The van der Waals surface area contributed by atoms with Gasteiger partial charge in [0, 0.05) is 13.0 Å². The van der Waals surface area contributed by atoms with E-state index in [1.54, 1.807) is 6.07 Å². The molecular formula is C13H7FN4O2. The minimum absolute atomic E-state index is 0.0640. The lowest BCUT2D eigenvalue weighted by molar-refractivity contribution is -0.131. The summed E-state index contributed by atoms with van der Waals surface area (Å²) < 4.78 is 18.3. The number of ether oxygens (including phenoxy) is 1. The molecule has 20 heavy (non-hydrogen) atoms. The monoisotopic (exact) mass is 270 g/mol. The van der Waals surface area contributed by atoms with Gasteiger partial charge in [-0.25, -0.2) is 4.39 Å². The van der Waals surface area contributed by atoms with Crippen LogP contribution in [0, 0.1) is 39.8 Å². The number of allylic oxidation sites excluding steroid dienone is 2. The molecule has 1 aromatic carbocycles. The molecule has 0 aromatic heterocycles. The van der Waals surface area contributed by atoms with Crippen LogP contribution in [-0.4, -0.2) is 5.97 Å². The highest BCUT2D eigenvalue weighted by Crippen LogP contribution is 2.23. The number of halogens is 1. The molecule has 0 unspecified atom stereocenters. The number of anilines is 1.